The smallest absolute Gasteiger partial charge is 0.0991 e. The third kappa shape index (κ3) is 1.95. The highest BCUT2D eigenvalue weighted by atomic mass is 15.0. The van der Waals surface area contributed by atoms with Crippen molar-refractivity contribution in [2.75, 3.05) is 0 Å². The first-order chi connectivity index (χ1) is 8.43. The number of benzene rings is 1. The first-order valence-corrected chi connectivity index (χ1v) is 5.43. The molecular weight excluding hydrogens is 210 g/mol. The van der Waals surface area contributed by atoms with Crippen LogP contribution in [0.5, 0.6) is 0 Å². The fraction of sp³-hybridized carbons (Fsp3) is 0. The highest BCUT2D eigenvalue weighted by Gasteiger charge is 2.01. The quantitative estimate of drug-likeness (QED) is 0.666. The molecule has 82 valence electrons. The minimum Gasteiger partial charge on any atom is -0.306 e. The van der Waals surface area contributed by atoms with E-state index in [-0.39, 0.29) is 0 Å². The zero-order chi connectivity index (χ0) is 11.5. The molecule has 0 aliphatic heterocycles. The van der Waals surface area contributed by atoms with Crippen molar-refractivity contribution in [1.29, 1.82) is 0 Å². The van der Waals surface area contributed by atoms with Gasteiger partial charge in [0.2, 0.25) is 0 Å². The third-order valence-electron chi connectivity index (χ3n) is 2.62. The molecule has 0 saturated carbocycles. The van der Waals surface area contributed by atoms with Crippen molar-refractivity contribution in [2.24, 2.45) is 0 Å². The zero-order valence-electron chi connectivity index (χ0n) is 9.19. The summed E-state index contributed by atoms with van der Waals surface area (Å²) < 4.78 is 1.97. The molecule has 3 rings (SSSR count). The minimum absolute atomic E-state index is 0.969. The van der Waals surface area contributed by atoms with E-state index in [0.29, 0.717) is 0 Å². The van der Waals surface area contributed by atoms with Crippen LogP contribution in [-0.4, -0.2) is 14.5 Å². The van der Waals surface area contributed by atoms with Gasteiger partial charge in [-0.2, -0.15) is 0 Å². The first kappa shape index (κ1) is 9.78. The molecular formula is C14H11N3. The van der Waals surface area contributed by atoms with Gasteiger partial charge in [0.05, 0.1) is 17.7 Å². The van der Waals surface area contributed by atoms with Crippen LogP contribution in [0.1, 0.15) is 0 Å². The Morgan fingerprint density at radius 3 is 2.59 bits per heavy atom. The second-order valence-corrected chi connectivity index (χ2v) is 3.74. The lowest BCUT2D eigenvalue weighted by Crippen LogP contribution is -1.92. The topological polar surface area (TPSA) is 30.7 Å². The lowest BCUT2D eigenvalue weighted by Gasteiger charge is -2.05. The average molecular weight is 221 g/mol. The summed E-state index contributed by atoms with van der Waals surface area (Å²) in [4.78, 5) is 8.43. The van der Waals surface area contributed by atoms with Crippen molar-refractivity contribution in [3.8, 4) is 16.9 Å². The molecule has 0 spiro atoms. The van der Waals surface area contributed by atoms with E-state index < -0.39 is 0 Å². The lowest BCUT2D eigenvalue weighted by atomic mass is 10.1. The molecule has 2 aromatic heterocycles. The standard InChI is InChI=1S/C14H11N3/c1-2-4-12(5-3-1)14-10-13(6-7-16-14)17-9-8-15-11-17/h1-11H. The van der Waals surface area contributed by atoms with Gasteiger partial charge >= 0.3 is 0 Å². The number of pyridine rings is 1. The van der Waals surface area contributed by atoms with Gasteiger partial charge < -0.3 is 4.57 Å². The number of nitrogens with zero attached hydrogens (tertiary/aromatic N) is 3. The second-order valence-electron chi connectivity index (χ2n) is 3.74. The van der Waals surface area contributed by atoms with Gasteiger partial charge in [0.15, 0.2) is 0 Å². The molecule has 3 aromatic rings. The van der Waals surface area contributed by atoms with Gasteiger partial charge in [-0.25, -0.2) is 4.98 Å². The molecule has 0 radical (unpaired) electrons. The summed E-state index contributed by atoms with van der Waals surface area (Å²) in [7, 11) is 0. The summed E-state index contributed by atoms with van der Waals surface area (Å²) in [5, 5.41) is 0. The molecule has 3 nitrogen and oxygen atoms in total. The Balaban J connectivity index is 2.06. The lowest BCUT2D eigenvalue weighted by molar-refractivity contribution is 1.05. The first-order valence-electron chi connectivity index (χ1n) is 5.43. The van der Waals surface area contributed by atoms with Gasteiger partial charge in [0, 0.05) is 24.2 Å². The van der Waals surface area contributed by atoms with E-state index in [0.717, 1.165) is 16.9 Å². The predicted octanol–water partition coefficient (Wildman–Crippen LogP) is 2.93. The van der Waals surface area contributed by atoms with E-state index in [1.165, 1.54) is 0 Å². The Morgan fingerprint density at radius 1 is 0.941 bits per heavy atom. The fourth-order valence-electron chi connectivity index (χ4n) is 1.76. The SMILES string of the molecule is c1ccc(-c2cc(-n3ccnc3)ccn2)cc1. The van der Waals surface area contributed by atoms with Gasteiger partial charge in [0.1, 0.15) is 0 Å². The van der Waals surface area contributed by atoms with Crippen LogP contribution in [0.15, 0.2) is 67.4 Å². The average Bonchev–Trinajstić information content (AvgIpc) is 2.94. The van der Waals surface area contributed by atoms with E-state index in [1.807, 2.05) is 41.2 Å². The molecule has 0 atom stereocenters. The molecule has 0 aliphatic rings. The van der Waals surface area contributed by atoms with Gasteiger partial charge in [-0.05, 0) is 12.1 Å². The van der Waals surface area contributed by atoms with Crippen LogP contribution in [-0.2, 0) is 0 Å². The molecule has 0 aliphatic carbocycles. The maximum absolute atomic E-state index is 4.39. The molecule has 2 heterocycles. The van der Waals surface area contributed by atoms with Crippen LogP contribution in [0.3, 0.4) is 0 Å². The number of aromatic nitrogens is 3. The Morgan fingerprint density at radius 2 is 1.82 bits per heavy atom. The summed E-state index contributed by atoms with van der Waals surface area (Å²) in [6, 6.07) is 14.2. The summed E-state index contributed by atoms with van der Waals surface area (Å²) >= 11 is 0. The van der Waals surface area contributed by atoms with E-state index in [2.05, 4.69) is 28.2 Å². The van der Waals surface area contributed by atoms with Gasteiger partial charge in [-0.15, -0.1) is 0 Å². The highest BCUT2D eigenvalue weighted by Crippen LogP contribution is 2.18. The van der Waals surface area contributed by atoms with E-state index in [1.54, 1.807) is 12.5 Å². The van der Waals surface area contributed by atoms with E-state index in [9.17, 15) is 0 Å². The highest BCUT2D eigenvalue weighted by molar-refractivity contribution is 5.61. The van der Waals surface area contributed by atoms with E-state index in [4.69, 9.17) is 0 Å². The van der Waals surface area contributed by atoms with Gasteiger partial charge in [-0.1, -0.05) is 30.3 Å². The van der Waals surface area contributed by atoms with Crippen LogP contribution >= 0.6 is 0 Å². The number of hydrogen-bond acceptors (Lipinski definition) is 2. The molecule has 0 saturated heterocycles. The van der Waals surface area contributed by atoms with Crippen LogP contribution in [0.4, 0.5) is 0 Å². The summed E-state index contributed by atoms with van der Waals surface area (Å²) in [5.41, 5.74) is 3.16. The monoisotopic (exact) mass is 221 g/mol. The van der Waals surface area contributed by atoms with Gasteiger partial charge in [0.25, 0.3) is 0 Å². The normalized spacial score (nSPS) is 10.4. The molecule has 0 amide bonds. The van der Waals surface area contributed by atoms with Crippen molar-refractivity contribution < 1.29 is 0 Å². The molecule has 17 heavy (non-hydrogen) atoms. The molecule has 0 bridgehead atoms. The Kier molecular flexibility index (Phi) is 2.43. The molecule has 3 heteroatoms. The molecule has 0 N–H and O–H groups in total. The molecule has 0 unspecified atom stereocenters. The van der Waals surface area contributed by atoms with Crippen molar-refractivity contribution in [2.45, 2.75) is 0 Å². The minimum atomic E-state index is 0.969. The maximum Gasteiger partial charge on any atom is 0.0991 e. The van der Waals surface area contributed by atoms with Gasteiger partial charge in [-0.3, -0.25) is 4.98 Å². The van der Waals surface area contributed by atoms with Crippen LogP contribution in [0, 0.1) is 0 Å². The Bertz CT molecular complexity index is 600. The Labute approximate surface area is 99.4 Å². The van der Waals surface area contributed by atoms with Crippen molar-refractivity contribution in [3.05, 3.63) is 67.4 Å². The second kappa shape index (κ2) is 4.22. The molecule has 0 fully saturated rings. The number of hydrogen-bond donors (Lipinski definition) is 0. The van der Waals surface area contributed by atoms with Crippen molar-refractivity contribution in [1.82, 2.24) is 14.5 Å². The summed E-state index contributed by atoms with van der Waals surface area (Å²) in [5.74, 6) is 0. The predicted molar refractivity (Wildman–Crippen MR) is 66.8 cm³/mol. The largest absolute Gasteiger partial charge is 0.306 e. The summed E-state index contributed by atoms with van der Waals surface area (Å²) in [6.07, 6.45) is 7.29. The third-order valence-corrected chi connectivity index (χ3v) is 2.62. The van der Waals surface area contributed by atoms with Crippen LogP contribution in [0.2, 0.25) is 0 Å². The Hall–Kier alpha value is -2.42. The van der Waals surface area contributed by atoms with Crippen molar-refractivity contribution in [3.63, 3.8) is 0 Å². The fourth-order valence-corrected chi connectivity index (χ4v) is 1.76. The maximum atomic E-state index is 4.39. The van der Waals surface area contributed by atoms with Crippen molar-refractivity contribution >= 4 is 0 Å². The number of rotatable bonds is 2. The molecule has 1 aromatic carbocycles. The summed E-state index contributed by atoms with van der Waals surface area (Å²) in [6.45, 7) is 0. The van der Waals surface area contributed by atoms with Crippen LogP contribution < -0.4 is 0 Å². The number of imidazole rings is 1. The van der Waals surface area contributed by atoms with E-state index >= 15 is 0 Å². The zero-order valence-corrected chi connectivity index (χ0v) is 9.19. The van der Waals surface area contributed by atoms with Crippen LogP contribution in [0.25, 0.3) is 16.9 Å².